The Bertz CT molecular complexity index is 1120. The van der Waals surface area contributed by atoms with Gasteiger partial charge in [-0.15, -0.1) is 23.5 Å². The van der Waals surface area contributed by atoms with E-state index in [2.05, 4.69) is 5.32 Å². The summed E-state index contributed by atoms with van der Waals surface area (Å²) in [7, 11) is 0. The molecule has 0 aromatic rings. The smallest absolute Gasteiger partial charge is 0.242 e. The monoisotopic (exact) mass is 713 g/mol. The zero-order valence-corrected chi connectivity index (χ0v) is 30.7. The van der Waals surface area contributed by atoms with Crippen LogP contribution in [-0.2, 0) is 47.8 Å². The van der Waals surface area contributed by atoms with Crippen LogP contribution in [0.4, 0.5) is 0 Å². The molecule has 2 rings (SSSR count). The molecular formula is C33H51N3O10S2. The maximum atomic E-state index is 12.6. The number of rotatable bonds is 22. The number of nitrogens with one attached hydrogen (secondary N) is 1. The van der Waals surface area contributed by atoms with E-state index in [1.807, 2.05) is 20.8 Å². The van der Waals surface area contributed by atoms with Crippen LogP contribution in [0.5, 0.6) is 0 Å². The number of likely N-dealkylation sites (tertiary alicyclic amines) is 2. The number of ether oxygens (including phenoxy) is 2. The first-order valence-corrected chi connectivity index (χ1v) is 18.4. The van der Waals surface area contributed by atoms with Crippen LogP contribution in [0, 0.1) is 10.8 Å². The van der Waals surface area contributed by atoms with Crippen LogP contribution in [0.3, 0.4) is 0 Å². The molecule has 0 saturated carbocycles. The standard InChI is InChI=1S/C33H51N3O10S2/c1-32(2,3)25(38)20-47-23-18-28(41)35(30(23)43)12-9-22(37)8-7-14-45-16-17-46-15-11-34-27(40)10-13-36-29(42)19-24(31(36)44)48-21-26(39)33(4,5)6/h23-24H,7-21H2,1-6H3,(H,34,40). The predicted octanol–water partition coefficient (Wildman–Crippen LogP) is 2.22. The Morgan fingerprint density at radius 1 is 0.688 bits per heavy atom. The summed E-state index contributed by atoms with van der Waals surface area (Å²) in [6, 6.07) is 0. The van der Waals surface area contributed by atoms with Crippen LogP contribution in [0.1, 0.15) is 80.1 Å². The third-order valence-corrected chi connectivity index (χ3v) is 10.2. The van der Waals surface area contributed by atoms with Crippen molar-refractivity contribution in [2.24, 2.45) is 10.8 Å². The van der Waals surface area contributed by atoms with Gasteiger partial charge in [0.25, 0.3) is 0 Å². The highest BCUT2D eigenvalue weighted by Gasteiger charge is 2.40. The van der Waals surface area contributed by atoms with Gasteiger partial charge in [0.1, 0.15) is 17.3 Å². The fourth-order valence-corrected chi connectivity index (χ4v) is 7.07. The first kappa shape index (κ1) is 41.6. The number of hydrogen-bond acceptors (Lipinski definition) is 12. The summed E-state index contributed by atoms with van der Waals surface area (Å²) < 4.78 is 10.9. The average Bonchev–Trinajstić information content (AvgIpc) is 3.43. The van der Waals surface area contributed by atoms with E-state index in [9.17, 15) is 38.4 Å². The van der Waals surface area contributed by atoms with Crippen molar-refractivity contribution in [3.63, 3.8) is 0 Å². The molecule has 0 aromatic carbocycles. The van der Waals surface area contributed by atoms with Crippen molar-refractivity contribution in [3.8, 4) is 0 Å². The molecule has 48 heavy (non-hydrogen) atoms. The first-order valence-electron chi connectivity index (χ1n) is 16.3. The van der Waals surface area contributed by atoms with E-state index >= 15 is 0 Å². The second-order valence-corrected chi connectivity index (χ2v) is 16.2. The van der Waals surface area contributed by atoms with Gasteiger partial charge in [-0.05, 0) is 6.42 Å². The number of hydrogen-bond donors (Lipinski definition) is 1. The lowest BCUT2D eigenvalue weighted by molar-refractivity contribution is -0.140. The molecule has 0 bridgehead atoms. The molecule has 2 fully saturated rings. The molecule has 5 amide bonds. The Labute approximate surface area is 291 Å². The Hall–Kier alpha value is -2.62. The van der Waals surface area contributed by atoms with E-state index in [4.69, 9.17) is 9.47 Å². The van der Waals surface area contributed by atoms with Gasteiger partial charge in [-0.2, -0.15) is 0 Å². The topological polar surface area (TPSA) is 174 Å². The summed E-state index contributed by atoms with van der Waals surface area (Å²) in [5, 5.41) is 1.50. The summed E-state index contributed by atoms with van der Waals surface area (Å²) >= 11 is 2.36. The van der Waals surface area contributed by atoms with E-state index < -0.39 is 21.3 Å². The summed E-state index contributed by atoms with van der Waals surface area (Å²) in [4.78, 5) is 101. The van der Waals surface area contributed by atoms with Crippen LogP contribution in [0.15, 0.2) is 0 Å². The van der Waals surface area contributed by atoms with Crippen LogP contribution in [0.25, 0.3) is 0 Å². The number of carbonyl (C=O) groups excluding carboxylic acids is 8. The van der Waals surface area contributed by atoms with E-state index in [1.54, 1.807) is 20.8 Å². The summed E-state index contributed by atoms with van der Waals surface area (Å²) in [5.41, 5.74) is -1.02. The lowest BCUT2D eigenvalue weighted by atomic mass is 9.92. The minimum atomic E-state index is -0.599. The van der Waals surface area contributed by atoms with E-state index in [0.717, 1.165) is 9.80 Å². The lowest BCUT2D eigenvalue weighted by Crippen LogP contribution is -2.36. The number of ketones is 3. The van der Waals surface area contributed by atoms with Gasteiger partial charge in [-0.3, -0.25) is 48.2 Å². The molecule has 0 aromatic heterocycles. The van der Waals surface area contributed by atoms with Crippen molar-refractivity contribution in [2.45, 2.75) is 90.6 Å². The summed E-state index contributed by atoms with van der Waals surface area (Å²) in [5.74, 6) is -1.41. The van der Waals surface area contributed by atoms with Gasteiger partial charge in [0, 0.05) is 69.2 Å². The second kappa shape index (κ2) is 19.5. The molecule has 2 saturated heterocycles. The van der Waals surface area contributed by atoms with Gasteiger partial charge in [0.15, 0.2) is 0 Å². The van der Waals surface area contributed by atoms with Gasteiger partial charge in [-0.1, -0.05) is 41.5 Å². The maximum Gasteiger partial charge on any atom is 0.242 e. The second-order valence-electron chi connectivity index (χ2n) is 13.8. The molecule has 2 heterocycles. The van der Waals surface area contributed by atoms with Crippen LogP contribution in [0.2, 0.25) is 0 Å². The minimum absolute atomic E-state index is 0.00755. The van der Waals surface area contributed by atoms with Gasteiger partial charge in [-0.25, -0.2) is 0 Å². The summed E-state index contributed by atoms with van der Waals surface area (Å²) in [6.45, 7) is 12.3. The minimum Gasteiger partial charge on any atom is -0.379 e. The Morgan fingerprint density at radius 2 is 1.15 bits per heavy atom. The van der Waals surface area contributed by atoms with E-state index in [0.29, 0.717) is 19.6 Å². The molecule has 270 valence electrons. The fourth-order valence-electron chi connectivity index (χ4n) is 4.44. The van der Waals surface area contributed by atoms with Crippen LogP contribution in [-0.4, -0.2) is 125 Å². The highest BCUT2D eigenvalue weighted by atomic mass is 32.2. The normalized spacial score (nSPS) is 18.6. The largest absolute Gasteiger partial charge is 0.379 e. The lowest BCUT2D eigenvalue weighted by Gasteiger charge is -2.17. The summed E-state index contributed by atoms with van der Waals surface area (Å²) in [6.07, 6.45) is 0.870. The molecule has 2 atom stereocenters. The van der Waals surface area contributed by atoms with Crippen molar-refractivity contribution >= 4 is 70.4 Å². The molecule has 0 spiro atoms. The molecule has 0 aliphatic carbocycles. The fraction of sp³-hybridized carbons (Fsp3) is 0.758. The number of thioether (sulfide) groups is 2. The molecular weight excluding hydrogens is 663 g/mol. The van der Waals surface area contributed by atoms with Crippen molar-refractivity contribution in [1.82, 2.24) is 15.1 Å². The molecule has 1 N–H and O–H groups in total. The first-order chi connectivity index (χ1) is 22.4. The number of amides is 5. The number of carbonyl (C=O) groups is 8. The Morgan fingerprint density at radius 3 is 1.62 bits per heavy atom. The average molecular weight is 714 g/mol. The molecule has 13 nitrogen and oxygen atoms in total. The molecule has 0 radical (unpaired) electrons. The SMILES string of the molecule is CC(C)(C)C(=O)CSC1CC(=O)N(CCC(=O)CCCOCCOCCNC(=O)CCN2C(=O)CC(SCC(=O)C(C)(C)C)C2=O)C1=O. The van der Waals surface area contributed by atoms with Gasteiger partial charge >= 0.3 is 0 Å². The number of Topliss-reactive ketones (excluding diaryl/α,β-unsaturated/α-hetero) is 3. The quantitative estimate of drug-likeness (QED) is 0.128. The highest BCUT2D eigenvalue weighted by molar-refractivity contribution is 8.01. The predicted molar refractivity (Wildman–Crippen MR) is 182 cm³/mol. The van der Waals surface area contributed by atoms with E-state index in [1.165, 1.54) is 23.5 Å². The number of imide groups is 2. The highest BCUT2D eigenvalue weighted by Crippen LogP contribution is 2.29. The molecule has 2 aliphatic rings. The molecule has 15 heteroatoms. The Kier molecular flexibility index (Phi) is 16.9. The Balaban J connectivity index is 1.47. The van der Waals surface area contributed by atoms with Crippen LogP contribution < -0.4 is 5.32 Å². The van der Waals surface area contributed by atoms with Gasteiger partial charge in [0.05, 0.1) is 41.8 Å². The van der Waals surface area contributed by atoms with Gasteiger partial charge in [0.2, 0.25) is 29.5 Å². The van der Waals surface area contributed by atoms with Crippen molar-refractivity contribution in [3.05, 3.63) is 0 Å². The van der Waals surface area contributed by atoms with Crippen LogP contribution >= 0.6 is 23.5 Å². The van der Waals surface area contributed by atoms with Crippen molar-refractivity contribution in [2.75, 3.05) is 57.6 Å². The molecule has 2 aliphatic heterocycles. The van der Waals surface area contributed by atoms with E-state index in [-0.39, 0.29) is 123 Å². The third-order valence-electron chi connectivity index (χ3n) is 7.77. The van der Waals surface area contributed by atoms with Crippen molar-refractivity contribution in [1.29, 1.82) is 0 Å². The zero-order chi connectivity index (χ0) is 36.1. The zero-order valence-electron chi connectivity index (χ0n) is 29.1. The third kappa shape index (κ3) is 14.1. The van der Waals surface area contributed by atoms with Gasteiger partial charge < -0.3 is 14.8 Å². The van der Waals surface area contributed by atoms with Crippen molar-refractivity contribution < 1.29 is 47.8 Å². The number of nitrogens with zero attached hydrogens (tertiary/aromatic N) is 2. The molecule has 2 unspecified atom stereocenters. The maximum absolute atomic E-state index is 12.6.